The first-order chi connectivity index (χ1) is 12.5. The number of sulfonamides is 1. The minimum Gasteiger partial charge on any atom is -0.349 e. The highest BCUT2D eigenvalue weighted by molar-refractivity contribution is 7.89. The van der Waals surface area contributed by atoms with Gasteiger partial charge in [-0.3, -0.25) is 9.48 Å². The molecule has 2 rings (SSSR count). The van der Waals surface area contributed by atoms with Crippen LogP contribution in [0.5, 0.6) is 0 Å². The summed E-state index contributed by atoms with van der Waals surface area (Å²) >= 11 is 0. The van der Waals surface area contributed by atoms with E-state index >= 15 is 0 Å². The highest BCUT2D eigenvalue weighted by Gasteiger charge is 2.17. The first-order valence-corrected chi connectivity index (χ1v) is 10.5. The van der Waals surface area contributed by atoms with Crippen LogP contribution in [0.2, 0.25) is 0 Å². The Bertz CT molecular complexity index is 915. The van der Waals surface area contributed by atoms with Crippen LogP contribution in [0.25, 0.3) is 0 Å². The van der Waals surface area contributed by atoms with Gasteiger partial charge in [0.05, 0.1) is 23.1 Å². The lowest BCUT2D eigenvalue weighted by Crippen LogP contribution is -2.28. The minimum atomic E-state index is -3.72. The largest absolute Gasteiger partial charge is 0.349 e. The smallest absolute Gasteiger partial charge is 0.238 e. The Morgan fingerprint density at radius 1 is 1.19 bits per heavy atom. The second-order valence-electron chi connectivity index (χ2n) is 7.31. The van der Waals surface area contributed by atoms with E-state index in [9.17, 15) is 13.2 Å². The predicted octanol–water partition coefficient (Wildman–Crippen LogP) is 2.22. The van der Waals surface area contributed by atoms with Gasteiger partial charge in [-0.1, -0.05) is 26.0 Å². The quantitative estimate of drug-likeness (QED) is 0.753. The maximum absolute atomic E-state index is 12.5. The van der Waals surface area contributed by atoms with Crippen LogP contribution in [-0.2, 0) is 27.8 Å². The molecule has 0 saturated heterocycles. The van der Waals surface area contributed by atoms with Gasteiger partial charge in [0, 0.05) is 17.8 Å². The summed E-state index contributed by atoms with van der Waals surface area (Å²) in [4.78, 5) is 12.5. The molecule has 0 saturated carbocycles. The van der Waals surface area contributed by atoms with Gasteiger partial charge in [0.15, 0.2) is 0 Å². The van der Waals surface area contributed by atoms with Gasteiger partial charge in [-0.25, -0.2) is 13.6 Å². The Kier molecular flexibility index (Phi) is 6.43. The molecule has 1 aromatic heterocycles. The maximum atomic E-state index is 12.5. The van der Waals surface area contributed by atoms with Gasteiger partial charge in [-0.05, 0) is 44.4 Å². The second-order valence-corrected chi connectivity index (χ2v) is 8.87. The Morgan fingerprint density at radius 3 is 2.30 bits per heavy atom. The van der Waals surface area contributed by atoms with E-state index in [0.29, 0.717) is 5.92 Å². The summed E-state index contributed by atoms with van der Waals surface area (Å²) in [6, 6.07) is 5.94. The maximum Gasteiger partial charge on any atom is 0.238 e. The molecule has 1 heterocycles. The molecule has 0 aliphatic carbocycles. The third kappa shape index (κ3) is 5.40. The van der Waals surface area contributed by atoms with Gasteiger partial charge in [-0.15, -0.1) is 0 Å². The van der Waals surface area contributed by atoms with E-state index in [2.05, 4.69) is 24.3 Å². The Balaban J connectivity index is 2.06. The van der Waals surface area contributed by atoms with Crippen molar-refractivity contribution in [2.45, 2.75) is 58.5 Å². The fraction of sp³-hybridized carbons (Fsp3) is 0.474. The fourth-order valence-electron chi connectivity index (χ4n) is 3.00. The van der Waals surface area contributed by atoms with Crippen LogP contribution in [0.1, 0.15) is 49.3 Å². The molecule has 0 aliphatic heterocycles. The van der Waals surface area contributed by atoms with Gasteiger partial charge >= 0.3 is 0 Å². The molecule has 0 radical (unpaired) electrons. The average Bonchev–Trinajstić information content (AvgIpc) is 2.81. The molecular formula is C19H28N4O3S. The van der Waals surface area contributed by atoms with Crippen molar-refractivity contribution in [3.05, 3.63) is 46.8 Å². The standard InChI is InChI=1S/C19H28N4O3S/c1-12(2)11-23-15(5)18(14(4)22-23)10-19(24)21-13(3)16-6-8-17(9-7-16)27(20,25)26/h6-9,12-13H,10-11H2,1-5H3,(H,21,24)(H2,20,25,26)/t13-/m1/s1. The molecule has 1 amide bonds. The second kappa shape index (κ2) is 8.22. The van der Waals surface area contributed by atoms with E-state index in [1.807, 2.05) is 25.5 Å². The predicted molar refractivity (Wildman–Crippen MR) is 105 cm³/mol. The van der Waals surface area contributed by atoms with Crippen molar-refractivity contribution in [2.75, 3.05) is 0 Å². The Hall–Kier alpha value is -2.19. The molecule has 27 heavy (non-hydrogen) atoms. The molecule has 0 unspecified atom stereocenters. The van der Waals surface area contributed by atoms with Crippen LogP contribution >= 0.6 is 0 Å². The van der Waals surface area contributed by atoms with Gasteiger partial charge in [0.1, 0.15) is 0 Å². The van der Waals surface area contributed by atoms with Crippen molar-refractivity contribution in [3.63, 3.8) is 0 Å². The van der Waals surface area contributed by atoms with Gasteiger partial charge in [0.25, 0.3) is 0 Å². The lowest BCUT2D eigenvalue weighted by molar-refractivity contribution is -0.121. The third-order valence-corrected chi connectivity index (χ3v) is 5.42. The highest BCUT2D eigenvalue weighted by Crippen LogP contribution is 2.18. The van der Waals surface area contributed by atoms with E-state index in [4.69, 9.17) is 5.14 Å². The number of carbonyl (C=O) groups excluding carboxylic acids is 1. The van der Waals surface area contributed by atoms with E-state index in [-0.39, 0.29) is 23.3 Å². The number of nitrogens with zero attached hydrogens (tertiary/aromatic N) is 2. The number of aromatic nitrogens is 2. The summed E-state index contributed by atoms with van der Waals surface area (Å²) < 4.78 is 24.6. The number of hydrogen-bond donors (Lipinski definition) is 2. The zero-order valence-electron chi connectivity index (χ0n) is 16.5. The van der Waals surface area contributed by atoms with Crippen molar-refractivity contribution >= 4 is 15.9 Å². The lowest BCUT2D eigenvalue weighted by Gasteiger charge is -2.15. The minimum absolute atomic E-state index is 0.0496. The van der Waals surface area contributed by atoms with Crippen molar-refractivity contribution < 1.29 is 13.2 Å². The number of nitrogens with two attached hydrogens (primary N) is 1. The van der Waals surface area contributed by atoms with Crippen LogP contribution in [0.15, 0.2) is 29.2 Å². The van der Waals surface area contributed by atoms with Crippen LogP contribution in [0, 0.1) is 19.8 Å². The molecule has 3 N–H and O–H groups in total. The van der Waals surface area contributed by atoms with Crippen LogP contribution in [0.3, 0.4) is 0 Å². The summed E-state index contributed by atoms with van der Waals surface area (Å²) in [7, 11) is -3.72. The zero-order chi connectivity index (χ0) is 20.4. The van der Waals surface area contributed by atoms with Crippen molar-refractivity contribution in [1.82, 2.24) is 15.1 Å². The summed E-state index contributed by atoms with van der Waals surface area (Å²) in [6.45, 7) is 10.8. The lowest BCUT2D eigenvalue weighted by atomic mass is 10.1. The average molecular weight is 393 g/mol. The van der Waals surface area contributed by atoms with Gasteiger partial charge in [0.2, 0.25) is 15.9 Å². The number of rotatable bonds is 7. The number of nitrogens with one attached hydrogen (secondary N) is 1. The zero-order valence-corrected chi connectivity index (χ0v) is 17.3. The first kappa shape index (κ1) is 21.1. The SMILES string of the molecule is Cc1nn(CC(C)C)c(C)c1CC(=O)N[C@H](C)c1ccc(S(N)(=O)=O)cc1. The number of hydrogen-bond acceptors (Lipinski definition) is 4. The molecule has 0 aliphatic rings. The molecule has 2 aromatic rings. The van der Waals surface area contributed by atoms with E-state index in [1.54, 1.807) is 12.1 Å². The van der Waals surface area contributed by atoms with Gasteiger partial charge < -0.3 is 5.32 Å². The molecule has 148 valence electrons. The molecule has 0 bridgehead atoms. The molecule has 8 heteroatoms. The molecular weight excluding hydrogens is 364 g/mol. The van der Waals surface area contributed by atoms with Crippen molar-refractivity contribution in [1.29, 1.82) is 0 Å². The summed E-state index contributed by atoms with van der Waals surface area (Å²) in [5.41, 5.74) is 3.64. The van der Waals surface area contributed by atoms with E-state index in [0.717, 1.165) is 29.1 Å². The van der Waals surface area contributed by atoms with E-state index in [1.165, 1.54) is 12.1 Å². The molecule has 7 nitrogen and oxygen atoms in total. The first-order valence-electron chi connectivity index (χ1n) is 8.94. The summed E-state index contributed by atoms with van der Waals surface area (Å²) in [5.74, 6) is 0.373. The van der Waals surface area contributed by atoms with Crippen LogP contribution < -0.4 is 10.5 Å². The molecule has 0 fully saturated rings. The van der Waals surface area contributed by atoms with E-state index < -0.39 is 10.0 Å². The number of primary sulfonamides is 1. The molecule has 1 atom stereocenters. The fourth-order valence-corrected chi connectivity index (χ4v) is 3.51. The normalized spacial score (nSPS) is 13.0. The topological polar surface area (TPSA) is 107 Å². The summed E-state index contributed by atoms with van der Waals surface area (Å²) in [6.07, 6.45) is 0.259. The summed E-state index contributed by atoms with van der Waals surface area (Å²) in [5, 5.41) is 12.6. The third-order valence-electron chi connectivity index (χ3n) is 4.49. The number of benzene rings is 1. The van der Waals surface area contributed by atoms with Crippen molar-refractivity contribution in [2.24, 2.45) is 11.1 Å². The Labute approximate surface area is 161 Å². The monoisotopic (exact) mass is 392 g/mol. The Morgan fingerprint density at radius 2 is 1.78 bits per heavy atom. The number of amides is 1. The molecule has 1 aromatic carbocycles. The van der Waals surface area contributed by atoms with Crippen LogP contribution in [-0.4, -0.2) is 24.1 Å². The number of carbonyl (C=O) groups is 1. The molecule has 0 spiro atoms. The van der Waals surface area contributed by atoms with Gasteiger partial charge in [-0.2, -0.15) is 5.10 Å². The number of aryl methyl sites for hydroxylation is 1. The highest BCUT2D eigenvalue weighted by atomic mass is 32.2. The van der Waals surface area contributed by atoms with Crippen LogP contribution in [0.4, 0.5) is 0 Å². The van der Waals surface area contributed by atoms with Crippen molar-refractivity contribution in [3.8, 4) is 0 Å².